The Balaban J connectivity index is 2.06. The zero-order valence-electron chi connectivity index (χ0n) is 15.1. The lowest BCUT2D eigenvalue weighted by atomic mass is 10.1. The summed E-state index contributed by atoms with van der Waals surface area (Å²) in [6.07, 6.45) is -3.55. The molecule has 6 nitrogen and oxygen atoms in total. The topological polar surface area (TPSA) is 82.9 Å². The summed E-state index contributed by atoms with van der Waals surface area (Å²) < 4.78 is 39.3. The van der Waals surface area contributed by atoms with Crippen molar-refractivity contribution in [2.45, 2.75) is 44.5 Å². The lowest BCUT2D eigenvalue weighted by Gasteiger charge is -2.14. The fourth-order valence-electron chi connectivity index (χ4n) is 2.32. The highest BCUT2D eigenvalue weighted by atomic mass is 35.5. The van der Waals surface area contributed by atoms with Crippen LogP contribution in [0.2, 0.25) is 5.02 Å². The molecule has 2 N–H and O–H groups in total. The van der Waals surface area contributed by atoms with Crippen molar-refractivity contribution in [3.05, 3.63) is 28.8 Å². The Morgan fingerprint density at radius 3 is 2.61 bits per heavy atom. The van der Waals surface area contributed by atoms with E-state index in [1.54, 1.807) is 0 Å². The monoisotopic (exact) mass is 434 g/mol. The summed E-state index contributed by atoms with van der Waals surface area (Å²) in [4.78, 5) is 24.2. The molecule has 11 heteroatoms. The first-order chi connectivity index (χ1) is 13.1. The molecule has 0 bridgehead atoms. The molecule has 1 fully saturated rings. The zero-order chi connectivity index (χ0) is 20.9. The standard InChI is InChI=1S/C17H18ClF3N4O2S/c1-3-10(4-2)24-25-16-23-15(27)13(28-16)8-14(26)22-12-6-5-9(18)7-11(12)17(19,20)21/h5-7,13H,3-4,8H2,1-2H3,(H,22,26)(H,23,25,27). The average molecular weight is 435 g/mol. The van der Waals surface area contributed by atoms with Gasteiger partial charge >= 0.3 is 6.18 Å². The first-order valence-electron chi connectivity index (χ1n) is 8.41. The number of anilines is 1. The summed E-state index contributed by atoms with van der Waals surface area (Å²) in [6, 6.07) is 3.05. The molecular weight excluding hydrogens is 417 g/mol. The molecule has 2 rings (SSSR count). The molecule has 28 heavy (non-hydrogen) atoms. The molecule has 1 saturated heterocycles. The number of amidine groups is 1. The van der Waals surface area contributed by atoms with E-state index in [0.717, 1.165) is 42.4 Å². The molecule has 0 aromatic heterocycles. The van der Waals surface area contributed by atoms with Crippen LogP contribution in [0.15, 0.2) is 28.4 Å². The fourth-order valence-corrected chi connectivity index (χ4v) is 3.41. The van der Waals surface area contributed by atoms with Gasteiger partial charge in [0.2, 0.25) is 11.8 Å². The quantitative estimate of drug-likeness (QED) is 0.512. The van der Waals surface area contributed by atoms with Crippen LogP contribution in [0.5, 0.6) is 0 Å². The average Bonchev–Trinajstić information content (AvgIpc) is 2.96. The maximum absolute atomic E-state index is 13.1. The van der Waals surface area contributed by atoms with Gasteiger partial charge in [-0.3, -0.25) is 9.59 Å². The number of hydrogen-bond acceptors (Lipinski definition) is 5. The highest BCUT2D eigenvalue weighted by Gasteiger charge is 2.36. The summed E-state index contributed by atoms with van der Waals surface area (Å²) in [5, 5.41) is 12.0. The first-order valence-corrected chi connectivity index (χ1v) is 9.67. The lowest BCUT2D eigenvalue weighted by molar-refractivity contribution is -0.137. The summed E-state index contributed by atoms with van der Waals surface area (Å²) in [6.45, 7) is 3.87. The molecule has 1 atom stereocenters. The number of hydrogen-bond donors (Lipinski definition) is 2. The van der Waals surface area contributed by atoms with Gasteiger partial charge in [0.25, 0.3) is 0 Å². The molecule has 1 aliphatic heterocycles. The molecule has 2 amide bonds. The molecule has 152 valence electrons. The van der Waals surface area contributed by atoms with Crippen LogP contribution < -0.4 is 10.6 Å². The van der Waals surface area contributed by atoms with Gasteiger partial charge in [-0.05, 0) is 31.0 Å². The van der Waals surface area contributed by atoms with Gasteiger partial charge in [-0.15, -0.1) is 5.10 Å². The van der Waals surface area contributed by atoms with Crippen LogP contribution in [-0.4, -0.2) is 27.9 Å². The van der Waals surface area contributed by atoms with Crippen LogP contribution in [0.25, 0.3) is 0 Å². The zero-order valence-corrected chi connectivity index (χ0v) is 16.6. The Kier molecular flexibility index (Phi) is 7.48. The number of carbonyl (C=O) groups excluding carboxylic acids is 2. The fraction of sp³-hybridized carbons (Fsp3) is 0.412. The van der Waals surface area contributed by atoms with Crippen LogP contribution in [0.4, 0.5) is 18.9 Å². The molecule has 1 heterocycles. The number of thioether (sulfide) groups is 1. The normalized spacial score (nSPS) is 18.1. The summed E-state index contributed by atoms with van der Waals surface area (Å²) in [5.74, 6) is -1.18. The van der Waals surface area contributed by atoms with Gasteiger partial charge in [0, 0.05) is 17.2 Å². The number of alkyl halides is 3. The minimum atomic E-state index is -4.68. The summed E-state index contributed by atoms with van der Waals surface area (Å²) in [5.41, 5.74) is -0.620. The predicted molar refractivity (Wildman–Crippen MR) is 105 cm³/mol. The number of halogens is 4. The first kappa shape index (κ1) is 22.2. The van der Waals surface area contributed by atoms with Crippen LogP contribution in [0, 0.1) is 0 Å². The van der Waals surface area contributed by atoms with Crippen molar-refractivity contribution >= 4 is 51.7 Å². The second-order valence-corrected chi connectivity index (χ2v) is 7.44. The van der Waals surface area contributed by atoms with Gasteiger partial charge in [0.1, 0.15) is 5.25 Å². The van der Waals surface area contributed by atoms with E-state index in [0.29, 0.717) is 0 Å². The Hall–Kier alpha value is -2.07. The molecule has 0 spiro atoms. The van der Waals surface area contributed by atoms with Crippen molar-refractivity contribution in [2.75, 3.05) is 5.32 Å². The van der Waals surface area contributed by atoms with E-state index in [9.17, 15) is 22.8 Å². The lowest BCUT2D eigenvalue weighted by Crippen LogP contribution is -2.28. The predicted octanol–water partition coefficient (Wildman–Crippen LogP) is 4.45. The molecule has 1 aromatic carbocycles. The van der Waals surface area contributed by atoms with Gasteiger partial charge in [0.05, 0.1) is 11.3 Å². The largest absolute Gasteiger partial charge is 0.418 e. The summed E-state index contributed by atoms with van der Waals surface area (Å²) in [7, 11) is 0. The third kappa shape index (κ3) is 5.96. The third-order valence-electron chi connectivity index (χ3n) is 3.81. The molecule has 0 radical (unpaired) electrons. The van der Waals surface area contributed by atoms with E-state index >= 15 is 0 Å². The molecular formula is C17H18ClF3N4O2S. The number of amides is 2. The number of rotatable bonds is 6. The molecule has 0 saturated carbocycles. The Morgan fingerprint density at radius 2 is 2.00 bits per heavy atom. The number of carbonyl (C=O) groups is 2. The molecule has 1 aliphatic rings. The Bertz CT molecular complexity index is 821. The van der Waals surface area contributed by atoms with Gasteiger partial charge in [-0.2, -0.15) is 18.3 Å². The van der Waals surface area contributed by atoms with E-state index in [2.05, 4.69) is 20.8 Å². The highest BCUT2D eigenvalue weighted by molar-refractivity contribution is 8.15. The van der Waals surface area contributed by atoms with E-state index in [1.165, 1.54) is 6.07 Å². The minimum absolute atomic E-state index is 0.101. The van der Waals surface area contributed by atoms with Crippen LogP contribution in [-0.2, 0) is 15.8 Å². The van der Waals surface area contributed by atoms with Gasteiger partial charge in [-0.25, -0.2) is 0 Å². The third-order valence-corrected chi connectivity index (χ3v) is 5.11. The van der Waals surface area contributed by atoms with Crippen LogP contribution in [0.1, 0.15) is 38.7 Å². The van der Waals surface area contributed by atoms with E-state index in [1.807, 2.05) is 13.8 Å². The number of nitrogens with zero attached hydrogens (tertiary/aromatic N) is 2. The van der Waals surface area contributed by atoms with Gasteiger partial charge < -0.3 is 10.6 Å². The van der Waals surface area contributed by atoms with Crippen molar-refractivity contribution in [1.82, 2.24) is 5.32 Å². The second-order valence-electron chi connectivity index (χ2n) is 5.81. The van der Waals surface area contributed by atoms with Crippen LogP contribution >= 0.6 is 23.4 Å². The van der Waals surface area contributed by atoms with E-state index in [4.69, 9.17) is 11.6 Å². The second kappa shape index (κ2) is 9.42. The Labute approximate surface area is 169 Å². The highest BCUT2D eigenvalue weighted by Crippen LogP contribution is 2.36. The van der Waals surface area contributed by atoms with Crippen LogP contribution in [0.3, 0.4) is 0 Å². The molecule has 0 aliphatic carbocycles. The van der Waals surface area contributed by atoms with Gasteiger partial charge in [0.15, 0.2) is 5.17 Å². The van der Waals surface area contributed by atoms with Crippen molar-refractivity contribution in [1.29, 1.82) is 0 Å². The van der Waals surface area contributed by atoms with E-state index < -0.39 is 34.5 Å². The smallest absolute Gasteiger partial charge is 0.325 e. The number of benzene rings is 1. The maximum atomic E-state index is 13.1. The minimum Gasteiger partial charge on any atom is -0.325 e. The molecule has 1 unspecified atom stereocenters. The maximum Gasteiger partial charge on any atom is 0.418 e. The number of nitrogens with one attached hydrogen (secondary N) is 2. The summed E-state index contributed by atoms with van der Waals surface area (Å²) >= 11 is 6.62. The van der Waals surface area contributed by atoms with E-state index in [-0.39, 0.29) is 16.6 Å². The van der Waals surface area contributed by atoms with Crippen molar-refractivity contribution in [3.63, 3.8) is 0 Å². The SMILES string of the molecule is CCC(CC)=N/N=C1\NC(=O)C(CC(=O)Nc2ccc(Cl)cc2C(F)(F)F)S1. The molecule has 1 aromatic rings. The van der Waals surface area contributed by atoms with Crippen molar-refractivity contribution in [3.8, 4) is 0 Å². The van der Waals surface area contributed by atoms with Crippen molar-refractivity contribution in [2.24, 2.45) is 10.2 Å². The van der Waals surface area contributed by atoms with Crippen molar-refractivity contribution < 1.29 is 22.8 Å². The van der Waals surface area contributed by atoms with Gasteiger partial charge in [-0.1, -0.05) is 37.2 Å². The Morgan fingerprint density at radius 1 is 1.32 bits per heavy atom.